The third kappa shape index (κ3) is 3.82. The van der Waals surface area contributed by atoms with E-state index in [0.717, 1.165) is 0 Å². The van der Waals surface area contributed by atoms with Crippen molar-refractivity contribution in [2.24, 2.45) is 0 Å². The van der Waals surface area contributed by atoms with Gasteiger partial charge in [0.15, 0.2) is 0 Å². The van der Waals surface area contributed by atoms with Crippen LogP contribution in [0, 0.1) is 0 Å². The number of ether oxygens (including phenoxy) is 1. The fourth-order valence-electron chi connectivity index (χ4n) is 3.25. The number of nitrogens with one attached hydrogen (secondary N) is 1. The number of nitrogens with zero attached hydrogens (tertiary/aromatic N) is 2. The number of amides is 1. The van der Waals surface area contributed by atoms with E-state index in [4.69, 9.17) is 20.9 Å². The Kier molecular flexibility index (Phi) is 4.90. The van der Waals surface area contributed by atoms with Gasteiger partial charge in [0.2, 0.25) is 5.88 Å². The first kappa shape index (κ1) is 20.5. The minimum atomic E-state index is -3.99. The van der Waals surface area contributed by atoms with Crippen molar-refractivity contribution in [3.05, 3.63) is 52.7 Å². The van der Waals surface area contributed by atoms with Crippen LogP contribution in [0.2, 0.25) is 5.02 Å². The second kappa shape index (κ2) is 7.17. The Bertz CT molecular complexity index is 1250. The summed E-state index contributed by atoms with van der Waals surface area (Å²) in [5.74, 6) is -0.0184. The van der Waals surface area contributed by atoms with Crippen LogP contribution < -0.4 is 4.72 Å². The zero-order valence-corrected chi connectivity index (χ0v) is 18.2. The highest BCUT2D eigenvalue weighted by atomic mass is 35.5. The maximum absolute atomic E-state index is 13.1. The van der Waals surface area contributed by atoms with Crippen molar-refractivity contribution in [2.75, 3.05) is 4.72 Å². The first-order chi connectivity index (χ1) is 14.0. The summed E-state index contributed by atoms with van der Waals surface area (Å²) in [5.41, 5.74) is 0.351. The van der Waals surface area contributed by atoms with E-state index < -0.39 is 21.7 Å². The number of anilines is 1. The Morgan fingerprint density at radius 1 is 1.17 bits per heavy atom. The molecular formula is C20H20ClN3O5S. The molecule has 1 aliphatic heterocycles. The second-order valence-corrected chi connectivity index (χ2v) is 10.0. The van der Waals surface area contributed by atoms with E-state index >= 15 is 0 Å². The molecule has 0 aliphatic carbocycles. The molecular weight excluding hydrogens is 430 g/mol. The number of hydrogen-bond donors (Lipinski definition) is 1. The van der Waals surface area contributed by atoms with E-state index in [9.17, 15) is 13.2 Å². The van der Waals surface area contributed by atoms with E-state index in [2.05, 4.69) is 9.88 Å². The molecule has 158 valence electrons. The van der Waals surface area contributed by atoms with Crippen molar-refractivity contribution in [3.63, 3.8) is 0 Å². The highest BCUT2D eigenvalue weighted by molar-refractivity contribution is 7.93. The zero-order valence-electron chi connectivity index (χ0n) is 16.6. The summed E-state index contributed by atoms with van der Waals surface area (Å²) in [6.07, 6.45) is -0.502. The number of carbonyl (C=O) groups excluding carboxylic acids is 1. The lowest BCUT2D eigenvalue weighted by Gasteiger charge is -2.24. The molecule has 0 unspecified atom stereocenters. The lowest BCUT2D eigenvalue weighted by Crippen LogP contribution is -2.33. The average molecular weight is 450 g/mol. The van der Waals surface area contributed by atoms with Gasteiger partial charge in [0.05, 0.1) is 23.5 Å². The third-order valence-corrected chi connectivity index (χ3v) is 6.28. The normalized spacial score (nSPS) is 14.1. The largest absolute Gasteiger partial charge is 0.444 e. The highest BCUT2D eigenvalue weighted by Gasteiger charge is 2.34. The Morgan fingerprint density at radius 3 is 2.60 bits per heavy atom. The number of halogens is 1. The molecule has 30 heavy (non-hydrogen) atoms. The molecule has 2 heterocycles. The average Bonchev–Trinajstić information content (AvgIpc) is 3.22. The third-order valence-electron chi connectivity index (χ3n) is 4.56. The maximum Gasteiger partial charge on any atom is 0.410 e. The minimum absolute atomic E-state index is 0.0184. The molecule has 1 amide bonds. The summed E-state index contributed by atoms with van der Waals surface area (Å²) in [7, 11) is -3.99. The van der Waals surface area contributed by atoms with Crippen molar-refractivity contribution in [1.82, 2.24) is 10.1 Å². The lowest BCUT2D eigenvalue weighted by atomic mass is 10.1. The zero-order chi connectivity index (χ0) is 21.7. The van der Waals surface area contributed by atoms with Gasteiger partial charge in [-0.25, -0.2) is 17.9 Å². The maximum atomic E-state index is 13.1. The Hall–Kier alpha value is -2.78. The van der Waals surface area contributed by atoms with Gasteiger partial charge >= 0.3 is 6.09 Å². The molecule has 10 heteroatoms. The van der Waals surface area contributed by atoms with Crippen molar-refractivity contribution < 1.29 is 22.5 Å². The number of carbonyl (C=O) groups is 1. The van der Waals surface area contributed by atoms with E-state index in [0.29, 0.717) is 27.1 Å². The number of sulfonamides is 1. The fraction of sp³-hybridized carbons (Fsp3) is 0.300. The summed E-state index contributed by atoms with van der Waals surface area (Å²) >= 11 is 6.20. The van der Waals surface area contributed by atoms with Gasteiger partial charge in [-0.1, -0.05) is 41.0 Å². The fourth-order valence-corrected chi connectivity index (χ4v) is 4.72. The van der Waals surface area contributed by atoms with Crippen LogP contribution in [-0.4, -0.2) is 30.2 Å². The number of aromatic nitrogens is 1. The van der Waals surface area contributed by atoms with Gasteiger partial charge in [0.1, 0.15) is 11.3 Å². The van der Waals surface area contributed by atoms with Gasteiger partial charge in [-0.15, -0.1) is 0 Å². The molecule has 3 aromatic rings. The Morgan fingerprint density at radius 2 is 1.87 bits per heavy atom. The predicted molar refractivity (Wildman–Crippen MR) is 112 cm³/mol. The van der Waals surface area contributed by atoms with Gasteiger partial charge in [0, 0.05) is 15.8 Å². The summed E-state index contributed by atoms with van der Waals surface area (Å²) in [6, 6.07) is 9.94. The van der Waals surface area contributed by atoms with E-state index in [1.165, 1.54) is 11.0 Å². The van der Waals surface area contributed by atoms with Crippen molar-refractivity contribution in [1.29, 1.82) is 0 Å². The minimum Gasteiger partial charge on any atom is -0.444 e. The van der Waals surface area contributed by atoms with Crippen LogP contribution in [0.3, 0.4) is 0 Å². The van der Waals surface area contributed by atoms with Gasteiger partial charge in [-0.05, 0) is 32.9 Å². The Labute approximate surface area is 178 Å². The number of benzene rings is 2. The molecule has 2 aromatic carbocycles. The smallest absolute Gasteiger partial charge is 0.410 e. The molecule has 8 nitrogen and oxygen atoms in total. The summed E-state index contributed by atoms with van der Waals surface area (Å²) in [4.78, 5) is 13.8. The number of rotatable bonds is 3. The molecule has 1 aromatic heterocycles. The quantitative estimate of drug-likeness (QED) is 0.630. The molecule has 1 N–H and O–H groups in total. The molecule has 0 fully saturated rings. The van der Waals surface area contributed by atoms with Crippen molar-refractivity contribution in [3.8, 4) is 0 Å². The monoisotopic (exact) mass is 449 g/mol. The van der Waals surface area contributed by atoms with Crippen LogP contribution in [-0.2, 0) is 27.8 Å². The first-order valence-corrected chi connectivity index (χ1v) is 11.1. The van der Waals surface area contributed by atoms with Crippen LogP contribution in [0.25, 0.3) is 10.8 Å². The predicted octanol–water partition coefficient (Wildman–Crippen LogP) is 4.53. The molecule has 0 spiro atoms. The van der Waals surface area contributed by atoms with Gasteiger partial charge in [-0.2, -0.15) is 0 Å². The lowest BCUT2D eigenvalue weighted by molar-refractivity contribution is 0.0237. The Balaban J connectivity index is 1.61. The van der Waals surface area contributed by atoms with Crippen molar-refractivity contribution in [2.45, 2.75) is 44.4 Å². The second-order valence-electron chi connectivity index (χ2n) is 7.97. The molecule has 0 atom stereocenters. The van der Waals surface area contributed by atoms with Crippen LogP contribution in [0.15, 0.2) is 45.8 Å². The molecule has 0 bridgehead atoms. The standard InChI is InChI=1S/C20H20ClN3O5S/c1-20(2,3)28-19(25)24-10-14-16(11-24)22-29-18(14)23-30(26,27)17-9-5-6-12-13(17)7-4-8-15(12)21/h4-9,23H,10-11H2,1-3H3. The van der Waals surface area contributed by atoms with Gasteiger partial charge in [0.25, 0.3) is 10.0 Å². The van der Waals surface area contributed by atoms with Crippen LogP contribution >= 0.6 is 11.6 Å². The summed E-state index contributed by atoms with van der Waals surface area (Å²) < 4.78 is 39.2. The first-order valence-electron chi connectivity index (χ1n) is 9.20. The highest BCUT2D eigenvalue weighted by Crippen LogP contribution is 2.33. The van der Waals surface area contributed by atoms with Crippen LogP contribution in [0.1, 0.15) is 32.0 Å². The van der Waals surface area contributed by atoms with Crippen LogP contribution in [0.4, 0.5) is 10.7 Å². The van der Waals surface area contributed by atoms with E-state index in [1.54, 1.807) is 51.1 Å². The van der Waals surface area contributed by atoms with E-state index in [-0.39, 0.29) is 23.9 Å². The number of fused-ring (bicyclic) bond motifs is 2. The molecule has 0 radical (unpaired) electrons. The SMILES string of the molecule is CC(C)(C)OC(=O)N1Cc2noc(NS(=O)(=O)c3cccc4c(Cl)cccc34)c2C1. The van der Waals surface area contributed by atoms with Gasteiger partial charge < -0.3 is 9.26 Å². The molecule has 4 rings (SSSR count). The molecule has 0 saturated heterocycles. The van der Waals surface area contributed by atoms with E-state index in [1.807, 2.05) is 0 Å². The summed E-state index contributed by atoms with van der Waals surface area (Å²) in [6.45, 7) is 5.64. The van der Waals surface area contributed by atoms with Crippen molar-refractivity contribution >= 4 is 44.4 Å². The molecule has 1 aliphatic rings. The number of hydrogen-bond acceptors (Lipinski definition) is 6. The molecule has 0 saturated carbocycles. The summed E-state index contributed by atoms with van der Waals surface area (Å²) in [5, 5.41) is 5.48. The van der Waals surface area contributed by atoms with Crippen LogP contribution in [0.5, 0.6) is 0 Å². The van der Waals surface area contributed by atoms with Gasteiger partial charge in [-0.3, -0.25) is 4.90 Å². The topological polar surface area (TPSA) is 102 Å².